The molecule has 172 valence electrons. The monoisotopic (exact) mass is 440 g/mol. The summed E-state index contributed by atoms with van der Waals surface area (Å²) >= 11 is 0. The third kappa shape index (κ3) is 5.99. The van der Waals surface area contributed by atoms with Crippen molar-refractivity contribution in [3.63, 3.8) is 0 Å². The molecule has 2 fully saturated rings. The third-order valence-corrected chi connectivity index (χ3v) is 5.71. The maximum Gasteiger partial charge on any atom is 0.227 e. The van der Waals surface area contributed by atoms with Gasteiger partial charge < -0.3 is 19.7 Å². The highest BCUT2D eigenvalue weighted by atomic mass is 16.5. The van der Waals surface area contributed by atoms with Gasteiger partial charge in [0.05, 0.1) is 32.1 Å². The van der Waals surface area contributed by atoms with Gasteiger partial charge in [-0.25, -0.2) is 9.97 Å². The van der Waals surface area contributed by atoms with Crippen molar-refractivity contribution in [2.75, 3.05) is 57.9 Å². The van der Waals surface area contributed by atoms with Gasteiger partial charge in [0.2, 0.25) is 11.9 Å². The van der Waals surface area contributed by atoms with Gasteiger partial charge in [-0.3, -0.25) is 14.7 Å². The number of carbonyl (C=O) groups excluding carboxylic acids is 1. The fourth-order valence-corrected chi connectivity index (χ4v) is 4.13. The summed E-state index contributed by atoms with van der Waals surface area (Å²) in [5, 5.41) is 3.28. The maximum atomic E-state index is 12.8. The van der Waals surface area contributed by atoms with E-state index in [1.807, 2.05) is 43.9 Å². The number of morpholine rings is 2. The summed E-state index contributed by atoms with van der Waals surface area (Å²) in [6.45, 7) is 11.5. The quantitative estimate of drug-likeness (QED) is 0.731. The molecule has 0 spiro atoms. The first kappa shape index (κ1) is 22.6. The minimum Gasteiger partial charge on any atom is -0.379 e. The largest absolute Gasteiger partial charge is 0.379 e. The molecule has 4 heterocycles. The van der Waals surface area contributed by atoms with E-state index in [1.165, 1.54) is 0 Å². The molecule has 9 heteroatoms. The first-order valence-corrected chi connectivity index (χ1v) is 11.2. The van der Waals surface area contributed by atoms with Gasteiger partial charge in [-0.15, -0.1) is 0 Å². The van der Waals surface area contributed by atoms with Crippen LogP contribution in [0.2, 0.25) is 0 Å². The predicted octanol–water partition coefficient (Wildman–Crippen LogP) is 2.16. The molecule has 1 atom stereocenters. The number of pyridine rings is 1. The Morgan fingerprint density at radius 1 is 1.00 bits per heavy atom. The Balaban J connectivity index is 1.40. The van der Waals surface area contributed by atoms with Gasteiger partial charge in [-0.2, -0.15) is 0 Å². The molecule has 0 aliphatic carbocycles. The van der Waals surface area contributed by atoms with E-state index in [2.05, 4.69) is 25.2 Å². The molecule has 0 bridgehead atoms. The second kappa shape index (κ2) is 10.3. The number of nitrogens with zero attached hydrogens (tertiary/aromatic N) is 5. The maximum absolute atomic E-state index is 12.8. The van der Waals surface area contributed by atoms with Crippen LogP contribution in [-0.4, -0.2) is 83.2 Å². The molecule has 0 radical (unpaired) electrons. The summed E-state index contributed by atoms with van der Waals surface area (Å²) in [6.07, 6.45) is 0.266. The van der Waals surface area contributed by atoms with Gasteiger partial charge in [0.25, 0.3) is 0 Å². The van der Waals surface area contributed by atoms with Gasteiger partial charge in [-0.05, 0) is 39.0 Å². The van der Waals surface area contributed by atoms with Crippen LogP contribution >= 0.6 is 0 Å². The molecule has 32 heavy (non-hydrogen) atoms. The zero-order valence-electron chi connectivity index (χ0n) is 19.1. The molecule has 0 saturated carbocycles. The van der Waals surface area contributed by atoms with Crippen LogP contribution in [0.25, 0.3) is 0 Å². The van der Waals surface area contributed by atoms with E-state index in [-0.39, 0.29) is 12.0 Å². The summed E-state index contributed by atoms with van der Waals surface area (Å²) in [5.74, 6) is 0.725. The van der Waals surface area contributed by atoms with Crippen molar-refractivity contribution >= 4 is 17.5 Å². The van der Waals surface area contributed by atoms with E-state index >= 15 is 0 Å². The first-order chi connectivity index (χ1) is 15.5. The first-order valence-electron chi connectivity index (χ1n) is 11.2. The van der Waals surface area contributed by atoms with Crippen molar-refractivity contribution in [3.05, 3.63) is 41.0 Å². The molecule has 0 aromatic carbocycles. The summed E-state index contributed by atoms with van der Waals surface area (Å²) in [7, 11) is 0. The standard InChI is InChI=1S/C23H32N6O3/c1-16-12-17(2)26-23(25-16)27-19-13-18(3)24-20(14-19)21-15-29(8-11-32-21)22(30)4-5-28-6-9-31-10-7-28/h12-14,21H,4-11,15H2,1-3H3,(H,24,25,26,27)/t21-/m1/s1. The highest BCUT2D eigenvalue weighted by Gasteiger charge is 2.27. The van der Waals surface area contributed by atoms with Crippen LogP contribution < -0.4 is 5.32 Å². The number of hydrogen-bond acceptors (Lipinski definition) is 8. The molecule has 1 amide bonds. The number of hydrogen-bond donors (Lipinski definition) is 1. The van der Waals surface area contributed by atoms with Gasteiger partial charge in [-0.1, -0.05) is 0 Å². The lowest BCUT2D eigenvalue weighted by Crippen LogP contribution is -2.44. The fourth-order valence-electron chi connectivity index (χ4n) is 4.13. The van der Waals surface area contributed by atoms with Crippen LogP contribution in [0.15, 0.2) is 18.2 Å². The molecule has 0 unspecified atom stereocenters. The Hall–Kier alpha value is -2.62. The number of rotatable bonds is 6. The number of carbonyl (C=O) groups is 1. The van der Waals surface area contributed by atoms with E-state index in [0.717, 1.165) is 61.3 Å². The summed E-state index contributed by atoms with van der Waals surface area (Å²) < 4.78 is 11.4. The lowest BCUT2D eigenvalue weighted by atomic mass is 10.1. The molecular formula is C23H32N6O3. The molecule has 1 N–H and O–H groups in total. The van der Waals surface area contributed by atoms with Crippen molar-refractivity contribution in [1.82, 2.24) is 24.8 Å². The highest BCUT2D eigenvalue weighted by Crippen LogP contribution is 2.25. The Morgan fingerprint density at radius 3 is 2.47 bits per heavy atom. The lowest BCUT2D eigenvalue weighted by Gasteiger charge is -2.34. The van der Waals surface area contributed by atoms with Gasteiger partial charge in [0.15, 0.2) is 0 Å². The number of anilines is 2. The SMILES string of the molecule is Cc1cc(Nc2nc(C)cc(C)n2)cc([C@H]2CN(C(=O)CCN3CCOCC3)CCO2)n1. The Bertz CT molecular complexity index is 927. The molecule has 2 aliphatic heterocycles. The second-order valence-electron chi connectivity index (χ2n) is 8.42. The van der Waals surface area contributed by atoms with E-state index in [9.17, 15) is 4.79 Å². The van der Waals surface area contributed by atoms with Gasteiger partial charge >= 0.3 is 0 Å². The molecule has 2 aromatic heterocycles. The number of aromatic nitrogens is 3. The zero-order valence-corrected chi connectivity index (χ0v) is 19.1. The predicted molar refractivity (Wildman–Crippen MR) is 121 cm³/mol. The fraction of sp³-hybridized carbons (Fsp3) is 0.565. The smallest absolute Gasteiger partial charge is 0.227 e. The number of aryl methyl sites for hydroxylation is 3. The van der Waals surface area contributed by atoms with Crippen molar-refractivity contribution in [1.29, 1.82) is 0 Å². The third-order valence-electron chi connectivity index (χ3n) is 5.71. The minimum absolute atomic E-state index is 0.166. The normalized spacial score (nSPS) is 19.7. The van der Waals surface area contributed by atoms with E-state index < -0.39 is 0 Å². The van der Waals surface area contributed by atoms with Crippen molar-refractivity contribution in [3.8, 4) is 0 Å². The molecular weight excluding hydrogens is 408 g/mol. The Kier molecular flexibility index (Phi) is 7.29. The Labute approximate surface area is 189 Å². The average molecular weight is 441 g/mol. The molecule has 2 aromatic rings. The average Bonchev–Trinajstić information content (AvgIpc) is 2.77. The van der Waals surface area contributed by atoms with Crippen molar-refractivity contribution < 1.29 is 14.3 Å². The highest BCUT2D eigenvalue weighted by molar-refractivity contribution is 5.76. The zero-order chi connectivity index (χ0) is 22.5. The van der Waals surface area contributed by atoms with Crippen LogP contribution in [-0.2, 0) is 14.3 Å². The van der Waals surface area contributed by atoms with Crippen LogP contribution in [0.5, 0.6) is 0 Å². The number of nitrogens with one attached hydrogen (secondary N) is 1. The molecule has 9 nitrogen and oxygen atoms in total. The van der Waals surface area contributed by atoms with Crippen LogP contribution in [0, 0.1) is 20.8 Å². The topological polar surface area (TPSA) is 92.7 Å². The van der Waals surface area contributed by atoms with Crippen molar-refractivity contribution in [2.24, 2.45) is 0 Å². The minimum atomic E-state index is -0.253. The van der Waals surface area contributed by atoms with Crippen LogP contribution in [0.1, 0.15) is 35.3 Å². The second-order valence-corrected chi connectivity index (χ2v) is 8.42. The summed E-state index contributed by atoms with van der Waals surface area (Å²) in [4.78, 5) is 30.6. The van der Waals surface area contributed by atoms with E-state index in [4.69, 9.17) is 9.47 Å². The summed E-state index contributed by atoms with van der Waals surface area (Å²) in [5.41, 5.74) is 4.36. The van der Waals surface area contributed by atoms with Crippen LogP contribution in [0.3, 0.4) is 0 Å². The number of ether oxygens (including phenoxy) is 2. The molecule has 4 rings (SSSR count). The van der Waals surface area contributed by atoms with E-state index in [0.29, 0.717) is 32.1 Å². The van der Waals surface area contributed by atoms with Gasteiger partial charge in [0, 0.05) is 55.4 Å². The molecule has 2 aliphatic rings. The van der Waals surface area contributed by atoms with Gasteiger partial charge in [0.1, 0.15) is 6.10 Å². The van der Waals surface area contributed by atoms with E-state index in [1.54, 1.807) is 0 Å². The molecule has 2 saturated heterocycles. The van der Waals surface area contributed by atoms with Crippen molar-refractivity contribution in [2.45, 2.75) is 33.3 Å². The number of amides is 1. The lowest BCUT2D eigenvalue weighted by molar-refractivity contribution is -0.139. The summed E-state index contributed by atoms with van der Waals surface area (Å²) in [6, 6.07) is 5.86. The van der Waals surface area contributed by atoms with Crippen LogP contribution in [0.4, 0.5) is 11.6 Å². The Morgan fingerprint density at radius 2 is 1.72 bits per heavy atom.